The van der Waals surface area contributed by atoms with Gasteiger partial charge in [0.2, 0.25) is 0 Å². The Bertz CT molecular complexity index is 782. The number of hydrogen-bond donors (Lipinski definition) is 0. The van der Waals surface area contributed by atoms with Crippen LogP contribution in [0.4, 0.5) is 0 Å². The van der Waals surface area contributed by atoms with Gasteiger partial charge in [-0.15, -0.1) is 0 Å². The Balaban J connectivity index is 2.08. The van der Waals surface area contributed by atoms with E-state index in [1.807, 2.05) is 55.7 Å². The molecule has 0 spiro atoms. The summed E-state index contributed by atoms with van der Waals surface area (Å²) in [5, 5.41) is 0. The second-order valence-corrected chi connectivity index (χ2v) is 6.15. The lowest BCUT2D eigenvalue weighted by Gasteiger charge is -2.12. The van der Waals surface area contributed by atoms with E-state index in [4.69, 9.17) is 14.2 Å². The number of rotatable bonds is 10. The summed E-state index contributed by atoms with van der Waals surface area (Å²) in [7, 11) is 4.85. The lowest BCUT2D eigenvalue weighted by molar-refractivity contribution is -0.697. The number of benzene rings is 1. The highest BCUT2D eigenvalue weighted by Gasteiger charge is 2.10. The van der Waals surface area contributed by atoms with E-state index in [2.05, 4.69) is 4.57 Å². The Kier molecular flexibility index (Phi) is 7.86. The molecule has 0 amide bonds. The summed E-state index contributed by atoms with van der Waals surface area (Å²) >= 11 is 0. The zero-order valence-corrected chi connectivity index (χ0v) is 16.5. The monoisotopic (exact) mass is 370 g/mol. The summed E-state index contributed by atoms with van der Waals surface area (Å²) in [6, 6.07) is 7.80. The molecule has 5 heteroatoms. The van der Waals surface area contributed by atoms with Crippen molar-refractivity contribution in [1.29, 1.82) is 0 Å². The number of pyridine rings is 1. The van der Waals surface area contributed by atoms with Crippen molar-refractivity contribution in [3.63, 3.8) is 0 Å². The zero-order valence-electron chi connectivity index (χ0n) is 16.5. The van der Waals surface area contributed by atoms with Crippen molar-refractivity contribution >= 4 is 17.9 Å². The molecule has 0 saturated carbocycles. The highest BCUT2D eigenvalue weighted by molar-refractivity contribution is 5.77. The lowest BCUT2D eigenvalue weighted by Crippen LogP contribution is -2.32. The van der Waals surface area contributed by atoms with Crippen LogP contribution in [-0.4, -0.2) is 27.1 Å². The molecule has 5 nitrogen and oxygen atoms in total. The normalized spacial score (nSPS) is 10.8. The van der Waals surface area contributed by atoms with Crippen LogP contribution in [-0.2, 0) is 11.3 Å². The molecule has 0 bridgehead atoms. The van der Waals surface area contributed by atoms with Crippen LogP contribution in [0.15, 0.2) is 36.7 Å². The van der Waals surface area contributed by atoms with Crippen molar-refractivity contribution in [1.82, 2.24) is 0 Å². The average molecular weight is 370 g/mol. The molecule has 1 aromatic carbocycles. The van der Waals surface area contributed by atoms with E-state index in [1.54, 1.807) is 21.3 Å². The molecule has 0 unspecified atom stereocenters. The van der Waals surface area contributed by atoms with Crippen LogP contribution in [0.2, 0.25) is 0 Å². The summed E-state index contributed by atoms with van der Waals surface area (Å²) in [6.07, 6.45) is 10.2. The van der Waals surface area contributed by atoms with Gasteiger partial charge in [0.15, 0.2) is 23.9 Å². The SMILES string of the molecule is CCC(=O)CCC[n+]1ccc(/C=C/c2cc(OC)c(OC)cc2OC)cc1. The Morgan fingerprint density at radius 1 is 0.963 bits per heavy atom. The molecule has 1 aromatic heterocycles. The summed E-state index contributed by atoms with van der Waals surface area (Å²) in [4.78, 5) is 11.4. The first-order chi connectivity index (χ1) is 13.1. The van der Waals surface area contributed by atoms with E-state index in [1.165, 1.54) is 0 Å². The maximum Gasteiger partial charge on any atom is 0.169 e. The van der Waals surface area contributed by atoms with Crippen LogP contribution in [0.5, 0.6) is 17.2 Å². The molecular formula is C22H28NO4+. The van der Waals surface area contributed by atoms with Gasteiger partial charge in [0.05, 0.1) is 21.3 Å². The number of methoxy groups -OCH3 is 3. The molecule has 0 aliphatic carbocycles. The Hall–Kier alpha value is -2.82. The van der Waals surface area contributed by atoms with Crippen molar-refractivity contribution in [3.8, 4) is 17.2 Å². The number of aryl methyl sites for hydroxylation is 1. The smallest absolute Gasteiger partial charge is 0.169 e. The minimum absolute atomic E-state index is 0.319. The van der Waals surface area contributed by atoms with Gasteiger partial charge in [-0.1, -0.05) is 19.1 Å². The number of ether oxygens (including phenoxy) is 3. The van der Waals surface area contributed by atoms with Crippen LogP contribution >= 0.6 is 0 Å². The van der Waals surface area contributed by atoms with Crippen LogP contribution in [0.1, 0.15) is 37.3 Å². The van der Waals surface area contributed by atoms with E-state index < -0.39 is 0 Å². The molecule has 0 N–H and O–H groups in total. The van der Waals surface area contributed by atoms with Gasteiger partial charge < -0.3 is 14.2 Å². The van der Waals surface area contributed by atoms with Gasteiger partial charge in [0.1, 0.15) is 18.1 Å². The third-order valence-electron chi connectivity index (χ3n) is 4.37. The third-order valence-corrected chi connectivity index (χ3v) is 4.37. The minimum atomic E-state index is 0.319. The molecule has 0 fully saturated rings. The van der Waals surface area contributed by atoms with E-state index in [9.17, 15) is 4.79 Å². The fourth-order valence-corrected chi connectivity index (χ4v) is 2.73. The third kappa shape index (κ3) is 5.84. The highest BCUT2D eigenvalue weighted by atomic mass is 16.5. The topological polar surface area (TPSA) is 48.6 Å². The van der Waals surface area contributed by atoms with Gasteiger partial charge in [-0.2, -0.15) is 0 Å². The first kappa shape index (κ1) is 20.5. The van der Waals surface area contributed by atoms with Gasteiger partial charge in [0.25, 0.3) is 0 Å². The maximum absolute atomic E-state index is 11.4. The summed E-state index contributed by atoms with van der Waals surface area (Å²) < 4.78 is 18.2. The molecular weight excluding hydrogens is 342 g/mol. The van der Waals surface area contributed by atoms with Gasteiger partial charge in [-0.05, 0) is 11.6 Å². The molecule has 27 heavy (non-hydrogen) atoms. The Morgan fingerprint density at radius 3 is 2.19 bits per heavy atom. The molecule has 0 aliphatic heterocycles. The molecule has 144 valence electrons. The first-order valence-electron chi connectivity index (χ1n) is 9.10. The second kappa shape index (κ2) is 10.4. The number of nitrogens with zero attached hydrogens (tertiary/aromatic N) is 1. The fourth-order valence-electron chi connectivity index (χ4n) is 2.73. The Labute approximate surface area is 161 Å². The predicted molar refractivity (Wildman–Crippen MR) is 106 cm³/mol. The van der Waals surface area contributed by atoms with Crippen LogP contribution in [0.3, 0.4) is 0 Å². The summed E-state index contributed by atoms with van der Waals surface area (Å²) in [5.41, 5.74) is 1.98. The van der Waals surface area contributed by atoms with Gasteiger partial charge >= 0.3 is 0 Å². The van der Waals surface area contributed by atoms with Crippen molar-refractivity contribution in [2.24, 2.45) is 0 Å². The van der Waals surface area contributed by atoms with Gasteiger partial charge in [0, 0.05) is 43.0 Å². The maximum atomic E-state index is 11.4. The number of hydrogen-bond acceptors (Lipinski definition) is 4. The number of ketones is 1. The largest absolute Gasteiger partial charge is 0.496 e. The highest BCUT2D eigenvalue weighted by Crippen LogP contribution is 2.35. The number of Topliss-reactive ketones (excluding diaryl/α,β-unsaturated/α-hetero) is 1. The number of carbonyl (C=O) groups is 1. The molecule has 1 heterocycles. The van der Waals surface area contributed by atoms with Gasteiger partial charge in [-0.3, -0.25) is 4.79 Å². The Morgan fingerprint density at radius 2 is 1.59 bits per heavy atom. The predicted octanol–water partition coefficient (Wildman–Crippen LogP) is 3.93. The van der Waals surface area contributed by atoms with E-state index in [0.717, 1.165) is 29.8 Å². The van der Waals surface area contributed by atoms with Crippen molar-refractivity contribution in [2.75, 3.05) is 21.3 Å². The van der Waals surface area contributed by atoms with Gasteiger partial charge in [-0.25, -0.2) is 4.57 Å². The van der Waals surface area contributed by atoms with E-state index >= 15 is 0 Å². The lowest BCUT2D eigenvalue weighted by atomic mass is 10.1. The van der Waals surface area contributed by atoms with Crippen molar-refractivity contribution < 1.29 is 23.6 Å². The average Bonchev–Trinajstić information content (AvgIpc) is 2.72. The van der Waals surface area contributed by atoms with Crippen LogP contribution in [0.25, 0.3) is 12.2 Å². The standard InChI is InChI=1S/C22H28NO4/c1-5-19(24)7-6-12-23-13-10-17(11-14-23)8-9-18-15-21(26-3)22(27-4)16-20(18)25-2/h8-11,13-16H,5-7,12H2,1-4H3/q+1/b9-8+. The fraction of sp³-hybridized carbons (Fsp3) is 0.364. The zero-order chi connectivity index (χ0) is 19.6. The number of aromatic nitrogens is 1. The van der Waals surface area contributed by atoms with Crippen LogP contribution < -0.4 is 18.8 Å². The molecule has 0 aliphatic rings. The molecule has 2 aromatic rings. The molecule has 0 saturated heterocycles. The molecule has 0 atom stereocenters. The summed E-state index contributed by atoms with van der Waals surface area (Å²) in [6.45, 7) is 2.75. The van der Waals surface area contributed by atoms with E-state index in [0.29, 0.717) is 30.1 Å². The first-order valence-corrected chi connectivity index (χ1v) is 9.10. The van der Waals surface area contributed by atoms with Crippen molar-refractivity contribution in [2.45, 2.75) is 32.7 Å². The summed E-state index contributed by atoms with van der Waals surface area (Å²) in [5.74, 6) is 2.33. The van der Waals surface area contributed by atoms with Crippen LogP contribution in [0, 0.1) is 0 Å². The van der Waals surface area contributed by atoms with Crippen molar-refractivity contribution in [3.05, 3.63) is 47.8 Å². The molecule has 2 rings (SSSR count). The number of carbonyl (C=O) groups excluding carboxylic acids is 1. The molecule has 0 radical (unpaired) electrons. The van der Waals surface area contributed by atoms with E-state index in [-0.39, 0.29) is 0 Å². The second-order valence-electron chi connectivity index (χ2n) is 6.15. The minimum Gasteiger partial charge on any atom is -0.496 e. The quantitative estimate of drug-likeness (QED) is 0.595.